The van der Waals surface area contributed by atoms with Crippen molar-refractivity contribution in [3.05, 3.63) is 7.05 Å². The maximum absolute atomic E-state index is 5.34. The Labute approximate surface area is 69.7 Å². The van der Waals surface area contributed by atoms with Crippen molar-refractivity contribution in [2.24, 2.45) is 5.73 Å². The Morgan fingerprint density at radius 3 is 2.36 bits per heavy atom. The quantitative estimate of drug-likeness (QED) is 0.439. The molecular weight excluding hydrogens is 138 g/mol. The Morgan fingerprint density at radius 2 is 1.73 bits per heavy atom. The number of hydrogen-bond donors (Lipinski definition) is 3. The monoisotopic (exact) mass is 158 g/mol. The average Bonchev–Trinajstić information content (AvgIpc) is 2.03. The maximum atomic E-state index is 5.34. The van der Waals surface area contributed by atoms with Crippen LogP contribution in [0.15, 0.2) is 0 Å². The van der Waals surface area contributed by atoms with Crippen LogP contribution in [0.2, 0.25) is 0 Å². The third-order valence-corrected chi connectivity index (χ3v) is 1.51. The van der Waals surface area contributed by atoms with Crippen molar-refractivity contribution in [1.29, 1.82) is 0 Å². The molecule has 0 bridgehead atoms. The Bertz CT molecular complexity index is 58.4. The highest BCUT2D eigenvalue weighted by atomic mass is 14.9. The van der Waals surface area contributed by atoms with Crippen molar-refractivity contribution >= 4 is 0 Å². The predicted molar refractivity (Wildman–Crippen MR) is 49.1 cm³/mol. The molecule has 3 heteroatoms. The minimum Gasteiger partial charge on any atom is -0.330 e. The molecule has 3 nitrogen and oxygen atoms in total. The molecule has 67 valence electrons. The fourth-order valence-corrected chi connectivity index (χ4v) is 0.858. The highest BCUT2D eigenvalue weighted by Gasteiger charge is 1.86. The van der Waals surface area contributed by atoms with E-state index in [0.29, 0.717) is 0 Å². The van der Waals surface area contributed by atoms with Gasteiger partial charge in [0, 0.05) is 7.05 Å². The lowest BCUT2D eigenvalue weighted by atomic mass is 10.3. The molecule has 0 saturated heterocycles. The van der Waals surface area contributed by atoms with Crippen molar-refractivity contribution in [1.82, 2.24) is 10.6 Å². The zero-order valence-corrected chi connectivity index (χ0v) is 7.23. The van der Waals surface area contributed by atoms with Gasteiger partial charge in [0.15, 0.2) is 0 Å². The number of nitrogens with one attached hydrogen (secondary N) is 2. The second-order valence-corrected chi connectivity index (χ2v) is 2.60. The smallest absolute Gasteiger partial charge is 0.00767 e. The average molecular weight is 158 g/mol. The lowest BCUT2D eigenvalue weighted by molar-refractivity contribution is 0.599. The summed E-state index contributed by atoms with van der Waals surface area (Å²) in [7, 11) is 3.54. The summed E-state index contributed by atoms with van der Waals surface area (Å²) in [6, 6.07) is 0. The SMILES string of the molecule is [CH2]NCCCNCCCCN. The van der Waals surface area contributed by atoms with E-state index in [4.69, 9.17) is 5.73 Å². The first-order valence-corrected chi connectivity index (χ1v) is 4.32. The molecule has 0 atom stereocenters. The number of nitrogens with two attached hydrogens (primary N) is 1. The largest absolute Gasteiger partial charge is 0.330 e. The van der Waals surface area contributed by atoms with Crippen molar-refractivity contribution in [2.45, 2.75) is 19.3 Å². The Balaban J connectivity index is 2.69. The van der Waals surface area contributed by atoms with Gasteiger partial charge in [0.2, 0.25) is 0 Å². The summed E-state index contributed by atoms with van der Waals surface area (Å²) in [5.41, 5.74) is 5.34. The molecule has 0 unspecified atom stereocenters. The second-order valence-electron chi connectivity index (χ2n) is 2.60. The first-order valence-electron chi connectivity index (χ1n) is 4.32. The van der Waals surface area contributed by atoms with Crippen LogP contribution in [-0.4, -0.2) is 26.2 Å². The summed E-state index contributed by atoms with van der Waals surface area (Å²) in [5, 5.41) is 6.19. The van der Waals surface area contributed by atoms with Crippen molar-refractivity contribution in [3.63, 3.8) is 0 Å². The van der Waals surface area contributed by atoms with Gasteiger partial charge in [-0.3, -0.25) is 0 Å². The van der Waals surface area contributed by atoms with E-state index in [1.807, 2.05) is 0 Å². The Morgan fingerprint density at radius 1 is 1.00 bits per heavy atom. The highest BCUT2D eigenvalue weighted by Crippen LogP contribution is 1.82. The van der Waals surface area contributed by atoms with Gasteiger partial charge in [-0.25, -0.2) is 0 Å². The van der Waals surface area contributed by atoms with Gasteiger partial charge in [0.25, 0.3) is 0 Å². The molecular formula is C8H20N3. The Hall–Kier alpha value is -0.120. The van der Waals surface area contributed by atoms with E-state index in [1.54, 1.807) is 0 Å². The van der Waals surface area contributed by atoms with E-state index in [-0.39, 0.29) is 0 Å². The minimum atomic E-state index is 0.808. The molecule has 4 N–H and O–H groups in total. The minimum absolute atomic E-state index is 0.808. The standard InChI is InChI=1S/C8H20N3/c1-10-6-4-8-11-7-3-2-5-9/h10-11H,1-9H2. The van der Waals surface area contributed by atoms with Crippen LogP contribution in [0, 0.1) is 7.05 Å². The molecule has 0 fully saturated rings. The molecule has 0 aliphatic carbocycles. The molecule has 0 amide bonds. The van der Waals surface area contributed by atoms with E-state index in [9.17, 15) is 0 Å². The molecule has 0 aromatic heterocycles. The summed E-state index contributed by atoms with van der Waals surface area (Å²) in [4.78, 5) is 0. The highest BCUT2D eigenvalue weighted by molar-refractivity contribution is 4.51. The van der Waals surface area contributed by atoms with E-state index in [1.165, 1.54) is 6.42 Å². The van der Waals surface area contributed by atoms with Crippen LogP contribution in [0.1, 0.15) is 19.3 Å². The Kier molecular flexibility index (Phi) is 9.77. The van der Waals surface area contributed by atoms with Crippen molar-refractivity contribution < 1.29 is 0 Å². The third-order valence-electron chi connectivity index (χ3n) is 1.51. The van der Waals surface area contributed by atoms with Crippen LogP contribution >= 0.6 is 0 Å². The molecule has 11 heavy (non-hydrogen) atoms. The normalized spacial score (nSPS) is 10.4. The van der Waals surface area contributed by atoms with Crippen LogP contribution in [0.5, 0.6) is 0 Å². The van der Waals surface area contributed by atoms with Gasteiger partial charge >= 0.3 is 0 Å². The summed E-state index contributed by atoms with van der Waals surface area (Å²) in [6.45, 7) is 3.97. The van der Waals surface area contributed by atoms with Gasteiger partial charge in [0.05, 0.1) is 0 Å². The van der Waals surface area contributed by atoms with E-state index in [0.717, 1.165) is 39.0 Å². The lowest BCUT2D eigenvalue weighted by Gasteiger charge is -2.02. The predicted octanol–water partition coefficient (Wildman–Crippen LogP) is 0.0862. The van der Waals surface area contributed by atoms with Crippen LogP contribution in [0.4, 0.5) is 0 Å². The van der Waals surface area contributed by atoms with Crippen LogP contribution < -0.4 is 16.4 Å². The van der Waals surface area contributed by atoms with Gasteiger partial charge in [-0.15, -0.1) is 0 Å². The van der Waals surface area contributed by atoms with Crippen molar-refractivity contribution in [3.8, 4) is 0 Å². The summed E-state index contributed by atoms with van der Waals surface area (Å²) >= 11 is 0. The van der Waals surface area contributed by atoms with Gasteiger partial charge in [0.1, 0.15) is 0 Å². The topological polar surface area (TPSA) is 50.1 Å². The molecule has 0 spiro atoms. The third kappa shape index (κ3) is 9.88. The van der Waals surface area contributed by atoms with Gasteiger partial charge in [-0.05, 0) is 45.4 Å². The molecule has 0 rings (SSSR count). The van der Waals surface area contributed by atoms with Crippen molar-refractivity contribution in [2.75, 3.05) is 26.2 Å². The molecule has 0 aliphatic rings. The molecule has 0 aromatic rings. The molecule has 0 heterocycles. The zero-order chi connectivity index (χ0) is 8.36. The summed E-state index contributed by atoms with van der Waals surface area (Å²) in [5.74, 6) is 0. The second kappa shape index (κ2) is 9.88. The number of unbranched alkanes of at least 4 members (excludes halogenated alkanes) is 1. The maximum Gasteiger partial charge on any atom is 0.00767 e. The summed E-state index contributed by atoms with van der Waals surface area (Å²) < 4.78 is 0. The van der Waals surface area contributed by atoms with Crippen LogP contribution in [-0.2, 0) is 0 Å². The van der Waals surface area contributed by atoms with E-state index < -0.39 is 0 Å². The van der Waals surface area contributed by atoms with E-state index in [2.05, 4.69) is 17.7 Å². The molecule has 0 aromatic carbocycles. The first kappa shape index (κ1) is 10.9. The molecule has 0 aliphatic heterocycles. The fraction of sp³-hybridized carbons (Fsp3) is 0.875. The van der Waals surface area contributed by atoms with Crippen LogP contribution in [0.25, 0.3) is 0 Å². The number of rotatable bonds is 8. The van der Waals surface area contributed by atoms with Gasteiger partial charge in [-0.2, -0.15) is 0 Å². The lowest BCUT2D eigenvalue weighted by Crippen LogP contribution is -2.20. The fourth-order valence-electron chi connectivity index (χ4n) is 0.858. The molecule has 1 radical (unpaired) electrons. The van der Waals surface area contributed by atoms with E-state index >= 15 is 0 Å². The molecule has 0 saturated carbocycles. The van der Waals surface area contributed by atoms with Gasteiger partial charge in [-0.1, -0.05) is 0 Å². The summed E-state index contributed by atoms with van der Waals surface area (Å²) in [6.07, 6.45) is 3.46. The first-order chi connectivity index (χ1) is 5.41. The van der Waals surface area contributed by atoms with Gasteiger partial charge < -0.3 is 16.4 Å². The number of hydrogen-bond acceptors (Lipinski definition) is 3. The zero-order valence-electron chi connectivity index (χ0n) is 7.23. The van der Waals surface area contributed by atoms with Crippen LogP contribution in [0.3, 0.4) is 0 Å².